The van der Waals surface area contributed by atoms with Gasteiger partial charge >= 0.3 is 0 Å². The molecule has 1 aromatic heterocycles. The number of amides is 2. The molecule has 0 spiro atoms. The molecule has 0 bridgehead atoms. The van der Waals surface area contributed by atoms with E-state index >= 15 is 0 Å². The van der Waals surface area contributed by atoms with Crippen LogP contribution in [0.1, 0.15) is 12.8 Å². The van der Waals surface area contributed by atoms with Crippen LogP contribution < -0.4 is 5.32 Å². The molecule has 27 heavy (non-hydrogen) atoms. The van der Waals surface area contributed by atoms with Gasteiger partial charge in [-0.05, 0) is 25.0 Å². The summed E-state index contributed by atoms with van der Waals surface area (Å²) in [5.41, 5.74) is 0.989. The van der Waals surface area contributed by atoms with Crippen LogP contribution in [-0.2, 0) is 9.59 Å². The van der Waals surface area contributed by atoms with Gasteiger partial charge < -0.3 is 15.1 Å². The molecule has 1 aromatic carbocycles. The zero-order valence-corrected chi connectivity index (χ0v) is 17.4. The Balaban J connectivity index is 0.00000210. The maximum absolute atomic E-state index is 12.7. The number of carbonyl (C=O) groups excluding carboxylic acids is 2. The van der Waals surface area contributed by atoms with E-state index in [0.717, 1.165) is 47.0 Å². The number of fused-ring (bicyclic) bond motifs is 1. The predicted octanol–water partition coefficient (Wildman–Crippen LogP) is 2.23. The van der Waals surface area contributed by atoms with E-state index in [1.165, 1.54) is 11.8 Å². The number of carbonyl (C=O) groups is 2. The van der Waals surface area contributed by atoms with Crippen molar-refractivity contribution >= 4 is 57.5 Å². The molecule has 9 heteroatoms. The van der Waals surface area contributed by atoms with Crippen LogP contribution in [0.5, 0.6) is 0 Å². The van der Waals surface area contributed by atoms with Gasteiger partial charge in [0, 0.05) is 32.2 Å². The van der Waals surface area contributed by atoms with E-state index in [-0.39, 0.29) is 30.3 Å². The van der Waals surface area contributed by atoms with Crippen molar-refractivity contribution in [2.75, 3.05) is 38.5 Å². The fraction of sp³-hybridized carbons (Fsp3) is 0.500. The number of nitrogens with one attached hydrogen (secondary N) is 1. The molecule has 4 rings (SSSR count). The van der Waals surface area contributed by atoms with Gasteiger partial charge in [0.1, 0.15) is 0 Å². The van der Waals surface area contributed by atoms with Gasteiger partial charge in [0.2, 0.25) is 11.8 Å². The molecule has 3 heterocycles. The zero-order chi connectivity index (χ0) is 17.9. The number of likely N-dealkylation sites (tertiary alicyclic amines) is 1. The first-order chi connectivity index (χ1) is 12.7. The van der Waals surface area contributed by atoms with Crippen LogP contribution in [-0.4, -0.2) is 71.1 Å². The van der Waals surface area contributed by atoms with Crippen molar-refractivity contribution < 1.29 is 9.59 Å². The standard InChI is InChI=1S/C18H22N4O2S2.ClH/c23-16-10-19-7-9-22(16)13-4-3-8-21(11-13)17(24)12-25-18-20-14-5-1-2-6-15(14)26-18;/h1-2,5-6,13,19H,3-4,7-12H2;1H. The van der Waals surface area contributed by atoms with Gasteiger partial charge in [-0.15, -0.1) is 23.7 Å². The van der Waals surface area contributed by atoms with E-state index in [0.29, 0.717) is 18.8 Å². The minimum absolute atomic E-state index is 0. The number of para-hydroxylation sites is 1. The Bertz CT molecular complexity index is 783. The lowest BCUT2D eigenvalue weighted by molar-refractivity contribution is -0.139. The molecular weight excluding hydrogens is 404 g/mol. The molecule has 2 amide bonds. The predicted molar refractivity (Wildman–Crippen MR) is 112 cm³/mol. The van der Waals surface area contributed by atoms with Crippen molar-refractivity contribution in [3.05, 3.63) is 24.3 Å². The second-order valence-electron chi connectivity index (χ2n) is 6.64. The minimum Gasteiger partial charge on any atom is -0.340 e. The second kappa shape index (κ2) is 9.23. The van der Waals surface area contributed by atoms with Crippen LogP contribution in [0.25, 0.3) is 10.2 Å². The summed E-state index contributed by atoms with van der Waals surface area (Å²) in [5, 5.41) is 3.11. The molecule has 2 saturated heterocycles. The summed E-state index contributed by atoms with van der Waals surface area (Å²) in [6, 6.07) is 8.20. The fourth-order valence-corrected chi connectivity index (χ4v) is 5.54. The highest BCUT2D eigenvalue weighted by Crippen LogP contribution is 2.29. The largest absolute Gasteiger partial charge is 0.340 e. The van der Waals surface area contributed by atoms with Crippen LogP contribution in [0.3, 0.4) is 0 Å². The Morgan fingerprint density at radius 2 is 2.19 bits per heavy atom. The zero-order valence-electron chi connectivity index (χ0n) is 14.9. The third kappa shape index (κ3) is 4.74. The molecular formula is C18H23ClN4O2S2. The van der Waals surface area contributed by atoms with Gasteiger partial charge in [0.05, 0.1) is 22.5 Å². The van der Waals surface area contributed by atoms with Crippen LogP contribution in [0.15, 0.2) is 28.6 Å². The Hall–Kier alpha value is -1.35. The summed E-state index contributed by atoms with van der Waals surface area (Å²) in [6.07, 6.45) is 1.94. The van der Waals surface area contributed by atoms with E-state index in [1.807, 2.05) is 28.0 Å². The van der Waals surface area contributed by atoms with Crippen molar-refractivity contribution in [3.8, 4) is 0 Å². The molecule has 2 aliphatic rings. The SMILES string of the molecule is Cl.O=C(CSc1nc2ccccc2s1)N1CCCC(N2CCNCC2=O)C1. The molecule has 6 nitrogen and oxygen atoms in total. The number of benzene rings is 1. The van der Waals surface area contributed by atoms with Crippen molar-refractivity contribution in [1.82, 2.24) is 20.1 Å². The summed E-state index contributed by atoms with van der Waals surface area (Å²) < 4.78 is 2.09. The van der Waals surface area contributed by atoms with Crippen molar-refractivity contribution in [3.63, 3.8) is 0 Å². The van der Waals surface area contributed by atoms with Gasteiger partial charge in [0.25, 0.3) is 0 Å². The number of nitrogens with zero attached hydrogens (tertiary/aromatic N) is 3. The van der Waals surface area contributed by atoms with Crippen LogP contribution in [0.4, 0.5) is 0 Å². The first-order valence-electron chi connectivity index (χ1n) is 8.97. The average molecular weight is 427 g/mol. The molecule has 1 N–H and O–H groups in total. The maximum atomic E-state index is 12.7. The lowest BCUT2D eigenvalue weighted by Crippen LogP contribution is -2.57. The minimum atomic E-state index is 0. The molecule has 2 aliphatic heterocycles. The lowest BCUT2D eigenvalue weighted by Gasteiger charge is -2.41. The van der Waals surface area contributed by atoms with Gasteiger partial charge in [-0.3, -0.25) is 9.59 Å². The van der Waals surface area contributed by atoms with E-state index in [1.54, 1.807) is 11.3 Å². The topological polar surface area (TPSA) is 65.5 Å². The second-order valence-corrected chi connectivity index (χ2v) is 8.89. The Kier molecular flexibility index (Phi) is 6.97. The highest BCUT2D eigenvalue weighted by molar-refractivity contribution is 8.01. The number of thiazole rings is 1. The van der Waals surface area contributed by atoms with Gasteiger partial charge in [-0.2, -0.15) is 0 Å². The molecule has 1 unspecified atom stereocenters. The van der Waals surface area contributed by atoms with Gasteiger partial charge in [-0.25, -0.2) is 4.98 Å². The highest BCUT2D eigenvalue weighted by atomic mass is 35.5. The number of thioether (sulfide) groups is 1. The normalized spacial score (nSPS) is 20.6. The number of aromatic nitrogens is 1. The first-order valence-corrected chi connectivity index (χ1v) is 10.8. The van der Waals surface area contributed by atoms with Crippen LogP contribution in [0.2, 0.25) is 0 Å². The Morgan fingerprint density at radius 3 is 3.00 bits per heavy atom. The van der Waals surface area contributed by atoms with E-state index in [4.69, 9.17) is 0 Å². The molecule has 0 aliphatic carbocycles. The van der Waals surface area contributed by atoms with E-state index < -0.39 is 0 Å². The number of piperidine rings is 1. The van der Waals surface area contributed by atoms with Gasteiger partial charge in [-0.1, -0.05) is 23.9 Å². The first kappa shape index (κ1) is 20.4. The molecule has 146 valence electrons. The molecule has 0 saturated carbocycles. The molecule has 2 fully saturated rings. The smallest absolute Gasteiger partial charge is 0.236 e. The third-order valence-electron chi connectivity index (χ3n) is 4.91. The Labute approximate surface area is 173 Å². The monoisotopic (exact) mass is 426 g/mol. The third-order valence-corrected chi connectivity index (χ3v) is 7.07. The van der Waals surface area contributed by atoms with Crippen molar-refractivity contribution in [2.24, 2.45) is 0 Å². The average Bonchev–Trinajstić information content (AvgIpc) is 3.09. The van der Waals surface area contributed by atoms with E-state index in [9.17, 15) is 9.59 Å². The number of halogens is 1. The molecule has 2 aromatic rings. The molecule has 0 radical (unpaired) electrons. The Morgan fingerprint density at radius 1 is 1.33 bits per heavy atom. The maximum Gasteiger partial charge on any atom is 0.236 e. The lowest BCUT2D eigenvalue weighted by atomic mass is 10.0. The highest BCUT2D eigenvalue weighted by Gasteiger charge is 2.31. The summed E-state index contributed by atoms with van der Waals surface area (Å²) in [6.45, 7) is 3.44. The van der Waals surface area contributed by atoms with Crippen LogP contribution in [0, 0.1) is 0 Å². The fourth-order valence-electron chi connectivity index (χ4n) is 3.57. The van der Waals surface area contributed by atoms with E-state index in [2.05, 4.69) is 16.4 Å². The van der Waals surface area contributed by atoms with Crippen LogP contribution >= 0.6 is 35.5 Å². The summed E-state index contributed by atoms with van der Waals surface area (Å²) >= 11 is 3.14. The van der Waals surface area contributed by atoms with Crippen molar-refractivity contribution in [2.45, 2.75) is 23.2 Å². The quantitative estimate of drug-likeness (QED) is 0.759. The van der Waals surface area contributed by atoms with Crippen molar-refractivity contribution in [1.29, 1.82) is 0 Å². The van der Waals surface area contributed by atoms with Gasteiger partial charge in [0.15, 0.2) is 4.34 Å². The summed E-state index contributed by atoms with van der Waals surface area (Å²) in [5.74, 6) is 0.697. The molecule has 1 atom stereocenters. The number of hydrogen-bond acceptors (Lipinski definition) is 6. The number of piperazine rings is 1. The summed E-state index contributed by atoms with van der Waals surface area (Å²) in [4.78, 5) is 33.2. The number of rotatable bonds is 4. The summed E-state index contributed by atoms with van der Waals surface area (Å²) in [7, 11) is 0. The number of hydrogen-bond donors (Lipinski definition) is 1.